The first kappa shape index (κ1) is 42.0. The quantitative estimate of drug-likeness (QED) is 0.165. The SMILES string of the molecule is CC(C)(C)c1cc(C(C)(C)C)c2oc3ccc4c(c3c2c1)C(C)(C)c1cccc(N(c2ccc(-c3ccccc3)cc2)c2cccc(C3(c5ccccc5)c5ccccc5-c5ccccc53)c2)c1-4. The Kier molecular flexibility index (Phi) is 9.29. The molecule has 1 aromatic heterocycles. The van der Waals surface area contributed by atoms with Crippen LogP contribution in [0.3, 0.4) is 0 Å². The van der Waals surface area contributed by atoms with Crippen LogP contribution in [-0.2, 0) is 21.7 Å². The molecular formula is C66H57NO. The van der Waals surface area contributed by atoms with E-state index in [9.17, 15) is 0 Å². The second-order valence-electron chi connectivity index (χ2n) is 21.7. The van der Waals surface area contributed by atoms with E-state index in [4.69, 9.17) is 4.42 Å². The first-order valence-electron chi connectivity index (χ1n) is 24.3. The summed E-state index contributed by atoms with van der Waals surface area (Å²) >= 11 is 0. The van der Waals surface area contributed by atoms with E-state index in [0.29, 0.717) is 0 Å². The largest absolute Gasteiger partial charge is 0.456 e. The lowest BCUT2D eigenvalue weighted by atomic mass is 9.67. The van der Waals surface area contributed by atoms with Gasteiger partial charge in [-0.15, -0.1) is 0 Å². The van der Waals surface area contributed by atoms with Crippen LogP contribution in [0.5, 0.6) is 0 Å². The predicted molar refractivity (Wildman–Crippen MR) is 286 cm³/mol. The van der Waals surface area contributed by atoms with Gasteiger partial charge in [0.2, 0.25) is 0 Å². The Bertz CT molecular complexity index is 3550. The van der Waals surface area contributed by atoms with Crippen molar-refractivity contribution in [3.8, 4) is 33.4 Å². The van der Waals surface area contributed by atoms with E-state index in [2.05, 4.69) is 260 Å². The molecule has 2 aliphatic carbocycles. The molecule has 12 rings (SSSR count). The minimum atomic E-state index is -0.535. The zero-order valence-corrected chi connectivity index (χ0v) is 40.4. The fourth-order valence-corrected chi connectivity index (χ4v) is 11.9. The molecule has 2 nitrogen and oxygen atoms in total. The highest BCUT2D eigenvalue weighted by Crippen LogP contribution is 2.60. The lowest BCUT2D eigenvalue weighted by Crippen LogP contribution is -2.28. The normalized spacial score (nSPS) is 14.4. The maximum atomic E-state index is 7.01. The molecule has 0 amide bonds. The Morgan fingerprint density at radius 1 is 0.456 bits per heavy atom. The second kappa shape index (κ2) is 15.0. The van der Waals surface area contributed by atoms with E-state index < -0.39 is 5.41 Å². The average Bonchev–Trinajstić information content (AvgIpc) is 3.95. The van der Waals surface area contributed by atoms with Crippen LogP contribution in [0.15, 0.2) is 205 Å². The molecular weight excluding hydrogens is 823 g/mol. The summed E-state index contributed by atoms with van der Waals surface area (Å²) < 4.78 is 7.01. The smallest absolute Gasteiger partial charge is 0.139 e. The standard InChI is InChI=1S/C66H57NO/c1-63(2,3)46-40-52-60-58(68-62(52)56(41-46)64(4,5)6)38-37-51-59-55(65(7,8)61(51)60)31-20-32-57(59)67(47-35-33-43(34-36-47)42-21-11-9-12-22-42)48-26-19-25-45(39-48)66(44-23-13-10-14-24-44)53-29-17-15-27-49(53)50-28-16-18-30-54(50)66/h9-41H,1-8H3. The van der Waals surface area contributed by atoms with Crippen molar-refractivity contribution < 1.29 is 4.42 Å². The third-order valence-corrected chi connectivity index (χ3v) is 15.2. The molecule has 1 heterocycles. The highest BCUT2D eigenvalue weighted by molar-refractivity contribution is 6.13. The van der Waals surface area contributed by atoms with E-state index >= 15 is 0 Å². The van der Waals surface area contributed by atoms with E-state index in [1.165, 1.54) is 88.7 Å². The van der Waals surface area contributed by atoms with Crippen LogP contribution in [0.1, 0.15) is 99.9 Å². The number of anilines is 3. The van der Waals surface area contributed by atoms with E-state index in [1.807, 2.05) is 0 Å². The van der Waals surface area contributed by atoms with Crippen LogP contribution >= 0.6 is 0 Å². The van der Waals surface area contributed by atoms with Crippen LogP contribution in [0.4, 0.5) is 17.1 Å². The van der Waals surface area contributed by atoms with E-state index in [0.717, 1.165) is 28.2 Å². The zero-order chi connectivity index (χ0) is 46.7. The fourth-order valence-electron chi connectivity index (χ4n) is 11.9. The number of hydrogen-bond donors (Lipinski definition) is 0. The van der Waals surface area contributed by atoms with Crippen molar-refractivity contribution in [1.82, 2.24) is 0 Å². The Morgan fingerprint density at radius 2 is 1.04 bits per heavy atom. The Hall–Kier alpha value is -7.42. The molecule has 0 saturated heterocycles. The summed E-state index contributed by atoms with van der Waals surface area (Å²) in [5, 5.41) is 2.44. The molecule has 2 heteroatoms. The summed E-state index contributed by atoms with van der Waals surface area (Å²) in [5.41, 5.74) is 22.1. The molecule has 0 radical (unpaired) electrons. The minimum absolute atomic E-state index is 0.0335. The topological polar surface area (TPSA) is 16.4 Å². The van der Waals surface area contributed by atoms with E-state index in [1.54, 1.807) is 0 Å². The highest BCUT2D eigenvalue weighted by Gasteiger charge is 2.46. The average molecular weight is 880 g/mol. The Morgan fingerprint density at radius 3 is 1.71 bits per heavy atom. The number of rotatable bonds is 6. The Balaban J connectivity index is 1.13. The molecule has 68 heavy (non-hydrogen) atoms. The lowest BCUT2D eigenvalue weighted by Gasteiger charge is -2.35. The van der Waals surface area contributed by atoms with Gasteiger partial charge in [-0.3, -0.25) is 0 Å². The summed E-state index contributed by atoms with van der Waals surface area (Å²) in [7, 11) is 0. The molecule has 0 saturated carbocycles. The van der Waals surface area contributed by atoms with Gasteiger partial charge in [0.15, 0.2) is 0 Å². The molecule has 0 fully saturated rings. The number of nitrogens with zero attached hydrogens (tertiary/aromatic N) is 1. The predicted octanol–water partition coefficient (Wildman–Crippen LogP) is 18.0. The molecule has 0 bridgehead atoms. The zero-order valence-electron chi connectivity index (χ0n) is 40.4. The van der Waals surface area contributed by atoms with Gasteiger partial charge in [-0.25, -0.2) is 0 Å². The highest BCUT2D eigenvalue weighted by atomic mass is 16.3. The third-order valence-electron chi connectivity index (χ3n) is 15.2. The maximum Gasteiger partial charge on any atom is 0.139 e. The van der Waals surface area contributed by atoms with Crippen molar-refractivity contribution in [1.29, 1.82) is 0 Å². The van der Waals surface area contributed by atoms with Gasteiger partial charge in [-0.1, -0.05) is 213 Å². The van der Waals surface area contributed by atoms with Gasteiger partial charge in [0.1, 0.15) is 11.2 Å². The van der Waals surface area contributed by atoms with Crippen molar-refractivity contribution in [3.05, 3.63) is 245 Å². The van der Waals surface area contributed by atoms with Crippen molar-refractivity contribution >= 4 is 39.0 Å². The minimum Gasteiger partial charge on any atom is -0.456 e. The Labute approximate surface area is 401 Å². The van der Waals surface area contributed by atoms with Gasteiger partial charge in [0, 0.05) is 38.7 Å². The van der Waals surface area contributed by atoms with Crippen LogP contribution in [0.2, 0.25) is 0 Å². The van der Waals surface area contributed by atoms with Gasteiger partial charge in [-0.05, 0) is 120 Å². The van der Waals surface area contributed by atoms with Crippen LogP contribution in [0, 0.1) is 0 Å². The third kappa shape index (κ3) is 6.16. The maximum absolute atomic E-state index is 7.01. The van der Waals surface area contributed by atoms with Crippen molar-refractivity contribution in [2.45, 2.75) is 77.0 Å². The number of hydrogen-bond acceptors (Lipinski definition) is 2. The molecule has 10 aromatic rings. The van der Waals surface area contributed by atoms with Gasteiger partial charge < -0.3 is 9.32 Å². The number of fused-ring (bicyclic) bond motifs is 10. The van der Waals surface area contributed by atoms with Crippen LogP contribution in [0.25, 0.3) is 55.3 Å². The first-order valence-corrected chi connectivity index (χ1v) is 24.3. The van der Waals surface area contributed by atoms with Gasteiger partial charge in [0.05, 0.1) is 11.1 Å². The summed E-state index contributed by atoms with van der Waals surface area (Å²) in [5.74, 6) is 0. The molecule has 9 aromatic carbocycles. The lowest BCUT2D eigenvalue weighted by molar-refractivity contribution is 0.559. The van der Waals surface area contributed by atoms with E-state index in [-0.39, 0.29) is 16.2 Å². The molecule has 0 N–H and O–H groups in total. The molecule has 0 aliphatic heterocycles. The molecule has 0 spiro atoms. The first-order chi connectivity index (χ1) is 32.8. The van der Waals surface area contributed by atoms with Gasteiger partial charge in [0.25, 0.3) is 0 Å². The van der Waals surface area contributed by atoms with Crippen molar-refractivity contribution in [3.63, 3.8) is 0 Å². The van der Waals surface area contributed by atoms with Crippen LogP contribution in [-0.4, -0.2) is 0 Å². The second-order valence-corrected chi connectivity index (χ2v) is 21.7. The molecule has 2 aliphatic rings. The fraction of sp³-hybridized carbons (Fsp3) is 0.182. The molecule has 332 valence electrons. The van der Waals surface area contributed by atoms with Crippen molar-refractivity contribution in [2.75, 3.05) is 4.90 Å². The summed E-state index contributed by atoms with van der Waals surface area (Å²) in [6.45, 7) is 18.7. The molecule has 0 atom stereocenters. The van der Waals surface area contributed by atoms with Gasteiger partial charge in [-0.2, -0.15) is 0 Å². The summed E-state index contributed by atoms with van der Waals surface area (Å²) in [6, 6.07) is 74.7. The monoisotopic (exact) mass is 879 g/mol. The number of benzene rings is 9. The van der Waals surface area contributed by atoms with Crippen molar-refractivity contribution in [2.24, 2.45) is 0 Å². The van der Waals surface area contributed by atoms with Gasteiger partial charge >= 0.3 is 0 Å². The number of furan rings is 1. The summed E-state index contributed by atoms with van der Waals surface area (Å²) in [4.78, 5) is 2.51. The molecule has 0 unspecified atom stereocenters. The summed E-state index contributed by atoms with van der Waals surface area (Å²) in [6.07, 6.45) is 0. The van der Waals surface area contributed by atoms with Crippen LogP contribution < -0.4 is 4.90 Å².